The van der Waals surface area contributed by atoms with Crippen LogP contribution in [0.2, 0.25) is 0 Å². The average molecular weight is 394 g/mol. The van der Waals surface area contributed by atoms with Crippen LogP contribution >= 0.6 is 0 Å². The highest BCUT2D eigenvalue weighted by atomic mass is 16.3. The zero-order valence-corrected chi connectivity index (χ0v) is 17.3. The first-order valence-electron chi connectivity index (χ1n) is 10.5. The third kappa shape index (κ3) is 5.37. The third-order valence-corrected chi connectivity index (χ3v) is 5.58. The molecule has 0 saturated heterocycles. The molecule has 0 radical (unpaired) electrons. The van der Waals surface area contributed by atoms with E-state index in [9.17, 15) is 10.2 Å². The first-order chi connectivity index (χ1) is 14.1. The van der Waals surface area contributed by atoms with Crippen LogP contribution in [0.5, 0.6) is 11.5 Å². The molecule has 1 fully saturated rings. The molecular weight excluding hydrogens is 362 g/mol. The molecule has 2 aromatic carbocycles. The molecule has 3 rings (SSSR count). The molecular formula is C24H31N3O2. The van der Waals surface area contributed by atoms with E-state index < -0.39 is 0 Å². The van der Waals surface area contributed by atoms with Gasteiger partial charge in [-0.25, -0.2) is 0 Å². The third-order valence-electron chi connectivity index (χ3n) is 5.58. The van der Waals surface area contributed by atoms with E-state index in [2.05, 4.69) is 18.7 Å². The summed E-state index contributed by atoms with van der Waals surface area (Å²) in [7, 11) is 0. The molecule has 0 heterocycles. The monoisotopic (exact) mass is 393 g/mol. The molecule has 0 amide bonds. The first-order valence-corrected chi connectivity index (χ1v) is 10.5. The van der Waals surface area contributed by atoms with Crippen molar-refractivity contribution >= 4 is 18.1 Å². The van der Waals surface area contributed by atoms with Crippen LogP contribution < -0.4 is 4.90 Å². The SMILES string of the molecule is CCN(CC)c1ccc(C=N[C@@H]2CCCC[C@H]2N=Cc2ccccc2O)c(O)c1. The lowest BCUT2D eigenvalue weighted by atomic mass is 9.91. The maximum atomic E-state index is 10.4. The highest BCUT2D eigenvalue weighted by molar-refractivity contribution is 5.85. The maximum absolute atomic E-state index is 10.4. The fraction of sp³-hybridized carbons (Fsp3) is 0.417. The van der Waals surface area contributed by atoms with Crippen LogP contribution in [0.25, 0.3) is 0 Å². The summed E-state index contributed by atoms with van der Waals surface area (Å²) in [6.45, 7) is 6.02. The Bertz CT molecular complexity index is 859. The van der Waals surface area contributed by atoms with E-state index >= 15 is 0 Å². The van der Waals surface area contributed by atoms with E-state index in [4.69, 9.17) is 9.98 Å². The maximum Gasteiger partial charge on any atom is 0.126 e. The quantitative estimate of drug-likeness (QED) is 0.664. The van der Waals surface area contributed by atoms with Crippen LogP contribution in [0, 0.1) is 0 Å². The normalized spacial score (nSPS) is 19.8. The summed E-state index contributed by atoms with van der Waals surface area (Å²) in [4.78, 5) is 11.7. The molecule has 1 aliphatic carbocycles. The summed E-state index contributed by atoms with van der Waals surface area (Å²) in [6, 6.07) is 13.2. The molecule has 29 heavy (non-hydrogen) atoms. The zero-order chi connectivity index (χ0) is 20.6. The van der Waals surface area contributed by atoms with Gasteiger partial charge in [0, 0.05) is 48.4 Å². The zero-order valence-electron chi connectivity index (χ0n) is 17.3. The van der Waals surface area contributed by atoms with E-state index in [1.54, 1.807) is 24.6 Å². The van der Waals surface area contributed by atoms with Crippen molar-refractivity contribution in [3.8, 4) is 11.5 Å². The Balaban J connectivity index is 1.73. The van der Waals surface area contributed by atoms with Crippen LogP contribution in [0.3, 0.4) is 0 Å². The summed E-state index contributed by atoms with van der Waals surface area (Å²) in [6.07, 6.45) is 7.77. The van der Waals surface area contributed by atoms with Crippen molar-refractivity contribution in [2.45, 2.75) is 51.6 Å². The highest BCUT2D eigenvalue weighted by Crippen LogP contribution is 2.27. The summed E-state index contributed by atoms with van der Waals surface area (Å²) in [5, 5.41) is 20.4. The Kier molecular flexibility index (Phi) is 7.28. The highest BCUT2D eigenvalue weighted by Gasteiger charge is 2.23. The summed E-state index contributed by atoms with van der Waals surface area (Å²) in [5.74, 6) is 0.494. The number of phenols is 2. The average Bonchev–Trinajstić information content (AvgIpc) is 2.74. The van der Waals surface area contributed by atoms with E-state index in [-0.39, 0.29) is 23.6 Å². The van der Waals surface area contributed by atoms with Crippen LogP contribution in [0.15, 0.2) is 52.4 Å². The Labute approximate surface area is 173 Å². The van der Waals surface area contributed by atoms with Gasteiger partial charge in [0.15, 0.2) is 0 Å². The Morgan fingerprint density at radius 1 is 0.862 bits per heavy atom. The van der Waals surface area contributed by atoms with Gasteiger partial charge in [0.25, 0.3) is 0 Å². The van der Waals surface area contributed by atoms with Gasteiger partial charge in [0.05, 0.1) is 12.1 Å². The smallest absolute Gasteiger partial charge is 0.126 e. The number of nitrogens with zero attached hydrogens (tertiary/aromatic N) is 3. The molecule has 0 bridgehead atoms. The second kappa shape index (κ2) is 10.1. The van der Waals surface area contributed by atoms with Gasteiger partial charge in [-0.05, 0) is 51.0 Å². The molecule has 5 nitrogen and oxygen atoms in total. The van der Waals surface area contributed by atoms with Crippen molar-refractivity contribution in [2.24, 2.45) is 9.98 Å². The van der Waals surface area contributed by atoms with Gasteiger partial charge in [-0.2, -0.15) is 0 Å². The van der Waals surface area contributed by atoms with Gasteiger partial charge in [-0.1, -0.05) is 25.0 Å². The molecule has 0 unspecified atom stereocenters. The molecule has 5 heteroatoms. The van der Waals surface area contributed by atoms with Gasteiger partial charge in [-0.15, -0.1) is 0 Å². The number of aromatic hydroxyl groups is 2. The van der Waals surface area contributed by atoms with Crippen molar-refractivity contribution in [1.82, 2.24) is 0 Å². The predicted molar refractivity (Wildman–Crippen MR) is 121 cm³/mol. The van der Waals surface area contributed by atoms with Gasteiger partial charge in [-0.3, -0.25) is 9.98 Å². The predicted octanol–water partition coefficient (Wildman–Crippen LogP) is 4.79. The summed E-state index contributed by atoms with van der Waals surface area (Å²) >= 11 is 0. The van der Waals surface area contributed by atoms with Gasteiger partial charge in [0.1, 0.15) is 11.5 Å². The van der Waals surface area contributed by atoms with Gasteiger partial charge < -0.3 is 15.1 Å². The van der Waals surface area contributed by atoms with Gasteiger partial charge >= 0.3 is 0 Å². The number of aliphatic imine (C=N–C) groups is 2. The van der Waals surface area contributed by atoms with Crippen LogP contribution in [0.1, 0.15) is 50.7 Å². The molecule has 2 N–H and O–H groups in total. The van der Waals surface area contributed by atoms with Gasteiger partial charge in [0.2, 0.25) is 0 Å². The van der Waals surface area contributed by atoms with Crippen molar-refractivity contribution in [3.05, 3.63) is 53.6 Å². The fourth-order valence-electron chi connectivity index (χ4n) is 3.81. The number of hydrogen-bond donors (Lipinski definition) is 2. The Morgan fingerprint density at radius 3 is 2.00 bits per heavy atom. The number of hydrogen-bond acceptors (Lipinski definition) is 5. The number of benzene rings is 2. The van der Waals surface area contributed by atoms with Crippen molar-refractivity contribution in [3.63, 3.8) is 0 Å². The topological polar surface area (TPSA) is 68.4 Å². The second-order valence-corrected chi connectivity index (χ2v) is 7.45. The molecule has 154 valence electrons. The largest absolute Gasteiger partial charge is 0.507 e. The molecule has 0 aromatic heterocycles. The standard InChI is InChI=1S/C24H31N3O2/c1-3-27(4-2)20-14-13-19(24(29)15-20)17-26-22-11-7-6-10-21(22)25-16-18-9-5-8-12-23(18)28/h5,8-9,12-17,21-22,28-29H,3-4,6-7,10-11H2,1-2H3/t21-,22-/m1/s1. The lowest BCUT2D eigenvalue weighted by Gasteiger charge is -2.25. The Hall–Kier alpha value is -2.82. The molecule has 0 aliphatic heterocycles. The Morgan fingerprint density at radius 2 is 1.45 bits per heavy atom. The molecule has 1 saturated carbocycles. The minimum Gasteiger partial charge on any atom is -0.507 e. The molecule has 2 atom stereocenters. The second-order valence-electron chi connectivity index (χ2n) is 7.45. The van der Waals surface area contributed by atoms with Crippen molar-refractivity contribution in [1.29, 1.82) is 0 Å². The first kappa shape index (κ1) is 20.9. The van der Waals surface area contributed by atoms with E-state index in [1.807, 2.05) is 30.3 Å². The van der Waals surface area contributed by atoms with Crippen LogP contribution in [-0.4, -0.2) is 47.8 Å². The summed E-state index contributed by atoms with van der Waals surface area (Å²) < 4.78 is 0. The summed E-state index contributed by atoms with van der Waals surface area (Å²) in [5.41, 5.74) is 2.48. The van der Waals surface area contributed by atoms with Crippen molar-refractivity contribution in [2.75, 3.05) is 18.0 Å². The molecule has 1 aliphatic rings. The number of phenolic OH excluding ortho intramolecular Hbond substituents is 2. The lowest BCUT2D eigenvalue weighted by Crippen LogP contribution is -2.27. The number of para-hydroxylation sites is 1. The number of anilines is 1. The van der Waals surface area contributed by atoms with E-state index in [0.717, 1.165) is 55.6 Å². The minimum atomic E-state index is 0.0905. The molecule has 0 spiro atoms. The van der Waals surface area contributed by atoms with E-state index in [1.165, 1.54) is 0 Å². The van der Waals surface area contributed by atoms with Crippen LogP contribution in [0.4, 0.5) is 5.69 Å². The lowest BCUT2D eigenvalue weighted by molar-refractivity contribution is 0.390. The van der Waals surface area contributed by atoms with E-state index in [0.29, 0.717) is 0 Å². The van der Waals surface area contributed by atoms with Crippen molar-refractivity contribution < 1.29 is 10.2 Å². The fourth-order valence-corrected chi connectivity index (χ4v) is 3.81. The molecule has 2 aromatic rings. The number of rotatable bonds is 7. The minimum absolute atomic E-state index is 0.0905. The van der Waals surface area contributed by atoms with Crippen LogP contribution in [-0.2, 0) is 0 Å².